The van der Waals surface area contributed by atoms with E-state index >= 15 is 0 Å². The van der Waals surface area contributed by atoms with Gasteiger partial charge in [-0.1, -0.05) is 218 Å². The highest BCUT2D eigenvalue weighted by Crippen LogP contribution is 2.45. The fraction of sp³-hybridized carbons (Fsp3) is 0.0417. The highest BCUT2D eigenvalue weighted by molar-refractivity contribution is 5.97. The minimum absolute atomic E-state index is 0.926. The van der Waals surface area contributed by atoms with E-state index in [0.717, 1.165) is 123 Å². The summed E-state index contributed by atoms with van der Waals surface area (Å²) in [7, 11) is 0. The molecule has 0 bridgehead atoms. The van der Waals surface area contributed by atoms with Crippen LogP contribution in [0, 0.1) is 20.8 Å². The minimum Gasteiger partial charge on any atom is -0.256 e. The molecule has 0 amide bonds. The zero-order valence-electron chi connectivity index (χ0n) is 42.2. The number of hydrogen-bond acceptors (Lipinski definition) is 3. The molecule has 0 atom stereocenters. The lowest BCUT2D eigenvalue weighted by molar-refractivity contribution is 1.29. The quantitative estimate of drug-likeness (QED) is 0.130. The van der Waals surface area contributed by atoms with Crippen LogP contribution in [0.2, 0.25) is 0 Å². The average Bonchev–Trinajstić information content (AvgIpc) is 3.47. The van der Waals surface area contributed by atoms with Crippen molar-refractivity contribution < 1.29 is 0 Å². The molecule has 75 heavy (non-hydrogen) atoms. The summed E-state index contributed by atoms with van der Waals surface area (Å²) >= 11 is 0. The second-order valence-electron chi connectivity index (χ2n) is 19.4. The standard InChI is InChI=1S/C72H53N3/c1-48-20-19-27-56(38-48)51-34-36-52(37-35-51)66-44-72(55-25-11-6-12-26-55)75-47-69(66)65-33-18-15-30-62(65)59-42-57(60-28-13-16-31-63(60)67-45-73-70(39-49(67)2)53-21-7-4-8-22-53)41-58(43-59)61-29-14-17-32-64(61)68-46-74-71(40-50(68)3)54-23-9-5-10-24-54/h4-47H,1-3H3. The first-order valence-electron chi connectivity index (χ1n) is 25.6. The SMILES string of the molecule is Cc1cccc(-c2ccc(-c3cc(-c4ccccc4)ncc3-c3ccccc3-c3cc(-c4ccccc4-c4cnc(-c5ccccc5)cc4C)cc(-c4ccccc4-c4cnc(-c5ccccc5)cc4C)c3)cc2)c1. The molecule has 3 nitrogen and oxygen atoms in total. The van der Waals surface area contributed by atoms with Crippen molar-refractivity contribution in [2.75, 3.05) is 0 Å². The molecule has 0 saturated carbocycles. The van der Waals surface area contributed by atoms with Gasteiger partial charge < -0.3 is 0 Å². The van der Waals surface area contributed by atoms with E-state index in [4.69, 9.17) is 15.0 Å². The summed E-state index contributed by atoms with van der Waals surface area (Å²) in [6.45, 7) is 6.53. The Morgan fingerprint density at radius 1 is 0.200 bits per heavy atom. The van der Waals surface area contributed by atoms with Gasteiger partial charge in [-0.3, -0.25) is 15.0 Å². The first-order valence-corrected chi connectivity index (χ1v) is 25.6. The first-order chi connectivity index (χ1) is 36.9. The van der Waals surface area contributed by atoms with Crippen molar-refractivity contribution in [1.82, 2.24) is 15.0 Å². The molecule has 12 aromatic rings. The topological polar surface area (TPSA) is 38.7 Å². The largest absolute Gasteiger partial charge is 0.256 e. The second-order valence-corrected chi connectivity index (χ2v) is 19.4. The van der Waals surface area contributed by atoms with Crippen LogP contribution in [0.3, 0.4) is 0 Å². The van der Waals surface area contributed by atoms with Gasteiger partial charge in [-0.05, 0) is 141 Å². The van der Waals surface area contributed by atoms with Crippen molar-refractivity contribution in [3.8, 4) is 123 Å². The summed E-state index contributed by atoms with van der Waals surface area (Å²) in [5.74, 6) is 0. The molecule has 12 rings (SSSR count). The maximum atomic E-state index is 5.20. The molecule has 3 aromatic heterocycles. The fourth-order valence-corrected chi connectivity index (χ4v) is 10.6. The molecule has 0 saturated heterocycles. The van der Waals surface area contributed by atoms with Gasteiger partial charge in [-0.15, -0.1) is 0 Å². The van der Waals surface area contributed by atoms with Crippen molar-refractivity contribution in [2.24, 2.45) is 0 Å². The lowest BCUT2D eigenvalue weighted by Gasteiger charge is -2.20. The summed E-state index contributed by atoms with van der Waals surface area (Å²) in [5, 5.41) is 0. The molecule has 0 spiro atoms. The smallest absolute Gasteiger partial charge is 0.0708 e. The van der Waals surface area contributed by atoms with Gasteiger partial charge in [-0.25, -0.2) is 0 Å². The van der Waals surface area contributed by atoms with Gasteiger partial charge in [0, 0.05) is 52.0 Å². The minimum atomic E-state index is 0.926. The Labute approximate surface area is 440 Å². The Kier molecular flexibility index (Phi) is 12.7. The number of aryl methyl sites for hydroxylation is 3. The maximum Gasteiger partial charge on any atom is 0.0708 e. The highest BCUT2D eigenvalue weighted by Gasteiger charge is 2.20. The van der Waals surface area contributed by atoms with Crippen LogP contribution in [0.15, 0.2) is 267 Å². The van der Waals surface area contributed by atoms with Gasteiger partial charge in [0.15, 0.2) is 0 Å². The Morgan fingerprint density at radius 2 is 0.547 bits per heavy atom. The zero-order valence-corrected chi connectivity index (χ0v) is 42.2. The molecule has 9 aromatic carbocycles. The maximum absolute atomic E-state index is 5.20. The highest BCUT2D eigenvalue weighted by atomic mass is 14.7. The molecular formula is C72H53N3. The van der Waals surface area contributed by atoms with Crippen LogP contribution in [0.5, 0.6) is 0 Å². The van der Waals surface area contributed by atoms with Gasteiger partial charge >= 0.3 is 0 Å². The van der Waals surface area contributed by atoms with Crippen LogP contribution in [-0.4, -0.2) is 15.0 Å². The second kappa shape index (κ2) is 20.5. The van der Waals surface area contributed by atoms with Gasteiger partial charge in [0.25, 0.3) is 0 Å². The molecule has 0 aliphatic heterocycles. The predicted molar refractivity (Wildman–Crippen MR) is 314 cm³/mol. The van der Waals surface area contributed by atoms with Crippen molar-refractivity contribution in [1.29, 1.82) is 0 Å². The monoisotopic (exact) mass is 959 g/mol. The third-order valence-electron chi connectivity index (χ3n) is 14.4. The Hall–Kier alpha value is -9.57. The molecule has 0 fully saturated rings. The van der Waals surface area contributed by atoms with Crippen molar-refractivity contribution >= 4 is 0 Å². The molecule has 3 heterocycles. The van der Waals surface area contributed by atoms with Crippen LogP contribution in [0.25, 0.3) is 123 Å². The van der Waals surface area contributed by atoms with E-state index in [2.05, 4.69) is 264 Å². The molecule has 0 aliphatic rings. The van der Waals surface area contributed by atoms with Crippen LogP contribution in [0.4, 0.5) is 0 Å². The summed E-state index contributed by atoms with van der Waals surface area (Å²) in [5.41, 5.74) is 27.6. The number of nitrogens with zero attached hydrogens (tertiary/aromatic N) is 3. The normalized spacial score (nSPS) is 11.1. The zero-order chi connectivity index (χ0) is 50.7. The Balaban J connectivity index is 1.05. The predicted octanol–water partition coefficient (Wildman–Crippen LogP) is 19.1. The molecule has 356 valence electrons. The number of rotatable bonds is 11. The number of aromatic nitrogens is 3. The Morgan fingerprint density at radius 3 is 0.960 bits per heavy atom. The lowest BCUT2D eigenvalue weighted by Crippen LogP contribution is -1.96. The molecule has 0 N–H and O–H groups in total. The summed E-state index contributed by atoms with van der Waals surface area (Å²) in [6, 6.07) is 89.1. The van der Waals surface area contributed by atoms with E-state index in [-0.39, 0.29) is 0 Å². The number of pyridine rings is 3. The first kappa shape index (κ1) is 46.5. The molecule has 0 aliphatic carbocycles. The van der Waals surface area contributed by atoms with Crippen molar-refractivity contribution in [2.45, 2.75) is 20.8 Å². The lowest BCUT2D eigenvalue weighted by atomic mass is 9.85. The Bertz CT molecular complexity index is 3860. The van der Waals surface area contributed by atoms with E-state index in [1.54, 1.807) is 0 Å². The van der Waals surface area contributed by atoms with Crippen molar-refractivity contribution in [3.05, 3.63) is 284 Å². The summed E-state index contributed by atoms with van der Waals surface area (Å²) in [6.07, 6.45) is 6.16. The third-order valence-corrected chi connectivity index (χ3v) is 14.4. The van der Waals surface area contributed by atoms with Crippen LogP contribution >= 0.6 is 0 Å². The molecule has 0 radical (unpaired) electrons. The van der Waals surface area contributed by atoms with Crippen LogP contribution in [0.1, 0.15) is 16.7 Å². The third kappa shape index (κ3) is 9.52. The number of benzene rings is 9. The van der Waals surface area contributed by atoms with Crippen molar-refractivity contribution in [3.63, 3.8) is 0 Å². The van der Waals surface area contributed by atoms with Crippen LogP contribution in [-0.2, 0) is 0 Å². The van der Waals surface area contributed by atoms with Crippen LogP contribution < -0.4 is 0 Å². The van der Waals surface area contributed by atoms with E-state index in [1.807, 2.05) is 24.5 Å². The van der Waals surface area contributed by atoms with E-state index in [0.29, 0.717) is 0 Å². The van der Waals surface area contributed by atoms with Gasteiger partial charge in [0.2, 0.25) is 0 Å². The van der Waals surface area contributed by atoms with E-state index < -0.39 is 0 Å². The van der Waals surface area contributed by atoms with Gasteiger partial charge in [0.05, 0.1) is 17.1 Å². The van der Waals surface area contributed by atoms with Gasteiger partial charge in [0.1, 0.15) is 0 Å². The van der Waals surface area contributed by atoms with E-state index in [9.17, 15) is 0 Å². The summed E-state index contributed by atoms with van der Waals surface area (Å²) < 4.78 is 0. The van der Waals surface area contributed by atoms with Gasteiger partial charge in [-0.2, -0.15) is 0 Å². The number of hydrogen-bond donors (Lipinski definition) is 0. The molecule has 3 heteroatoms. The summed E-state index contributed by atoms with van der Waals surface area (Å²) in [4.78, 5) is 15.3. The average molecular weight is 960 g/mol. The van der Waals surface area contributed by atoms with E-state index in [1.165, 1.54) is 16.7 Å². The molecule has 0 unspecified atom stereocenters. The fourth-order valence-electron chi connectivity index (χ4n) is 10.6. The molecular weight excluding hydrogens is 907 g/mol.